The maximum absolute atomic E-state index is 12.2. The van der Waals surface area contributed by atoms with Gasteiger partial charge < -0.3 is 10.6 Å². The van der Waals surface area contributed by atoms with Gasteiger partial charge in [-0.1, -0.05) is 18.2 Å². The van der Waals surface area contributed by atoms with E-state index >= 15 is 0 Å². The molecule has 0 radical (unpaired) electrons. The standard InChI is InChI=1S/C16H22N4O2S2.HI/c1-3-17-16(20-12-15-19-11-13(2)23-15)18-9-10-24(21,22)14-7-5-4-6-8-14;/h4-8,11H,3,9-10,12H2,1-2H3,(H2,17,18,20);1H. The topological polar surface area (TPSA) is 83.4 Å². The zero-order chi connectivity index (χ0) is 17.4. The van der Waals surface area contributed by atoms with Crippen molar-refractivity contribution in [1.82, 2.24) is 15.6 Å². The van der Waals surface area contributed by atoms with Crippen molar-refractivity contribution < 1.29 is 8.42 Å². The first kappa shape index (κ1) is 21.8. The lowest BCUT2D eigenvalue weighted by atomic mass is 10.4. The third-order valence-electron chi connectivity index (χ3n) is 3.15. The van der Waals surface area contributed by atoms with Crippen LogP contribution in [0.4, 0.5) is 0 Å². The van der Waals surface area contributed by atoms with Crippen LogP contribution in [-0.2, 0) is 16.4 Å². The first-order valence-corrected chi connectivity index (χ1v) is 10.2. The van der Waals surface area contributed by atoms with E-state index in [-0.39, 0.29) is 29.7 Å². The van der Waals surface area contributed by atoms with E-state index in [1.54, 1.807) is 41.7 Å². The van der Waals surface area contributed by atoms with Crippen LogP contribution in [0.1, 0.15) is 16.8 Å². The molecule has 0 spiro atoms. The normalized spacial score (nSPS) is 11.7. The van der Waals surface area contributed by atoms with Crippen LogP contribution < -0.4 is 10.6 Å². The molecule has 0 bridgehead atoms. The van der Waals surface area contributed by atoms with Crippen molar-refractivity contribution in [2.45, 2.75) is 25.3 Å². The van der Waals surface area contributed by atoms with Crippen molar-refractivity contribution in [1.29, 1.82) is 0 Å². The molecule has 2 N–H and O–H groups in total. The number of thiazole rings is 1. The number of hydrogen-bond donors (Lipinski definition) is 2. The first-order chi connectivity index (χ1) is 11.5. The van der Waals surface area contributed by atoms with Crippen LogP contribution in [0.5, 0.6) is 0 Å². The summed E-state index contributed by atoms with van der Waals surface area (Å²) >= 11 is 1.60. The Kier molecular flexibility index (Phi) is 9.36. The van der Waals surface area contributed by atoms with E-state index in [9.17, 15) is 8.42 Å². The van der Waals surface area contributed by atoms with Crippen molar-refractivity contribution >= 4 is 51.1 Å². The van der Waals surface area contributed by atoms with E-state index in [1.807, 2.05) is 20.0 Å². The van der Waals surface area contributed by atoms with E-state index in [4.69, 9.17) is 0 Å². The van der Waals surface area contributed by atoms with Gasteiger partial charge in [0, 0.05) is 24.2 Å². The molecule has 1 aromatic carbocycles. The molecule has 2 aromatic rings. The fourth-order valence-corrected chi connectivity index (χ4v) is 3.90. The van der Waals surface area contributed by atoms with E-state index in [0.29, 0.717) is 30.5 Å². The van der Waals surface area contributed by atoms with Crippen LogP contribution in [0.25, 0.3) is 0 Å². The maximum atomic E-state index is 12.2. The minimum Gasteiger partial charge on any atom is -0.357 e. The number of halogens is 1. The summed E-state index contributed by atoms with van der Waals surface area (Å²) in [6.45, 7) is 5.43. The summed E-state index contributed by atoms with van der Waals surface area (Å²) in [5.41, 5.74) is 0. The molecular formula is C16H23IN4O2S2. The highest BCUT2D eigenvalue weighted by Crippen LogP contribution is 2.12. The van der Waals surface area contributed by atoms with E-state index in [0.717, 1.165) is 9.88 Å². The quantitative estimate of drug-likeness (QED) is 0.351. The molecule has 1 heterocycles. The van der Waals surface area contributed by atoms with Gasteiger partial charge in [-0.3, -0.25) is 0 Å². The molecule has 0 aliphatic rings. The molecule has 0 aliphatic carbocycles. The third-order valence-corrected chi connectivity index (χ3v) is 5.78. The van der Waals surface area contributed by atoms with Gasteiger partial charge in [-0.2, -0.15) is 0 Å². The molecule has 0 amide bonds. The number of aromatic nitrogens is 1. The van der Waals surface area contributed by atoms with E-state index in [1.165, 1.54) is 0 Å². The molecule has 138 valence electrons. The van der Waals surface area contributed by atoms with Gasteiger partial charge >= 0.3 is 0 Å². The number of nitrogens with zero attached hydrogens (tertiary/aromatic N) is 2. The number of aryl methyl sites for hydroxylation is 1. The second-order valence-corrected chi connectivity index (χ2v) is 8.55. The summed E-state index contributed by atoms with van der Waals surface area (Å²) in [6.07, 6.45) is 1.82. The van der Waals surface area contributed by atoms with Gasteiger partial charge in [0.1, 0.15) is 5.01 Å². The zero-order valence-electron chi connectivity index (χ0n) is 14.2. The second-order valence-electron chi connectivity index (χ2n) is 5.12. The molecule has 0 unspecified atom stereocenters. The smallest absolute Gasteiger partial charge is 0.191 e. The summed E-state index contributed by atoms with van der Waals surface area (Å²) < 4.78 is 24.5. The van der Waals surface area contributed by atoms with Crippen molar-refractivity contribution in [3.63, 3.8) is 0 Å². The van der Waals surface area contributed by atoms with Crippen LogP contribution in [0.15, 0.2) is 46.4 Å². The fourth-order valence-electron chi connectivity index (χ4n) is 2.01. The average molecular weight is 494 g/mol. The Labute approximate surface area is 170 Å². The minimum absolute atomic E-state index is 0. The van der Waals surface area contributed by atoms with Gasteiger partial charge in [-0.25, -0.2) is 18.4 Å². The Balaban J connectivity index is 0.00000312. The lowest BCUT2D eigenvalue weighted by Crippen LogP contribution is -2.39. The van der Waals surface area contributed by atoms with Gasteiger partial charge in [-0.15, -0.1) is 35.3 Å². The SMILES string of the molecule is CCNC(=NCc1ncc(C)s1)NCCS(=O)(=O)c1ccccc1.I. The number of hydrogen-bond acceptors (Lipinski definition) is 5. The molecule has 0 aliphatic heterocycles. The Hall–Kier alpha value is -1.20. The molecule has 6 nitrogen and oxygen atoms in total. The molecule has 2 rings (SSSR count). The maximum Gasteiger partial charge on any atom is 0.191 e. The van der Waals surface area contributed by atoms with Gasteiger partial charge in [0.2, 0.25) is 0 Å². The largest absolute Gasteiger partial charge is 0.357 e. The highest BCUT2D eigenvalue weighted by Gasteiger charge is 2.13. The summed E-state index contributed by atoms with van der Waals surface area (Å²) in [7, 11) is -3.29. The molecule has 0 atom stereocenters. The fraction of sp³-hybridized carbons (Fsp3) is 0.375. The van der Waals surface area contributed by atoms with Crippen LogP contribution in [-0.4, -0.2) is 38.2 Å². The second kappa shape index (κ2) is 10.7. The Bertz CT molecular complexity index is 776. The zero-order valence-corrected chi connectivity index (χ0v) is 18.2. The van der Waals surface area contributed by atoms with Crippen molar-refractivity contribution in [3.8, 4) is 0 Å². The van der Waals surface area contributed by atoms with Gasteiger partial charge in [-0.05, 0) is 26.0 Å². The molecular weight excluding hydrogens is 471 g/mol. The highest BCUT2D eigenvalue weighted by molar-refractivity contribution is 14.0. The summed E-state index contributed by atoms with van der Waals surface area (Å²) in [5, 5.41) is 7.10. The van der Waals surface area contributed by atoms with Gasteiger partial charge in [0.15, 0.2) is 15.8 Å². The molecule has 9 heteroatoms. The Morgan fingerprint density at radius 1 is 1.24 bits per heavy atom. The van der Waals surface area contributed by atoms with Crippen LogP contribution in [0, 0.1) is 6.92 Å². The number of sulfone groups is 1. The molecule has 25 heavy (non-hydrogen) atoms. The predicted octanol–water partition coefficient (Wildman–Crippen LogP) is 2.60. The number of nitrogens with one attached hydrogen (secondary N) is 2. The first-order valence-electron chi connectivity index (χ1n) is 7.72. The van der Waals surface area contributed by atoms with Crippen molar-refractivity contribution in [3.05, 3.63) is 46.4 Å². The molecule has 1 aromatic heterocycles. The van der Waals surface area contributed by atoms with Crippen molar-refractivity contribution in [2.75, 3.05) is 18.8 Å². The van der Waals surface area contributed by atoms with Crippen LogP contribution in [0.3, 0.4) is 0 Å². The number of guanidine groups is 1. The highest BCUT2D eigenvalue weighted by atomic mass is 127. The predicted molar refractivity (Wildman–Crippen MR) is 114 cm³/mol. The summed E-state index contributed by atoms with van der Waals surface area (Å²) in [4.78, 5) is 10.2. The average Bonchev–Trinajstić information content (AvgIpc) is 2.99. The minimum atomic E-state index is -3.29. The lowest BCUT2D eigenvalue weighted by molar-refractivity contribution is 0.594. The van der Waals surface area contributed by atoms with Crippen molar-refractivity contribution in [2.24, 2.45) is 4.99 Å². The van der Waals surface area contributed by atoms with Gasteiger partial charge in [0.25, 0.3) is 0 Å². The number of aliphatic imine (C=N–C) groups is 1. The number of rotatable bonds is 7. The van der Waals surface area contributed by atoms with Gasteiger partial charge in [0.05, 0.1) is 17.2 Å². The number of benzene rings is 1. The molecule has 0 saturated heterocycles. The Morgan fingerprint density at radius 2 is 1.96 bits per heavy atom. The molecule has 0 fully saturated rings. The third kappa shape index (κ3) is 7.28. The van der Waals surface area contributed by atoms with Crippen LogP contribution in [0.2, 0.25) is 0 Å². The summed E-state index contributed by atoms with van der Waals surface area (Å²) in [6, 6.07) is 8.47. The lowest BCUT2D eigenvalue weighted by Gasteiger charge is -2.11. The van der Waals surface area contributed by atoms with E-state index in [2.05, 4.69) is 20.6 Å². The summed E-state index contributed by atoms with van der Waals surface area (Å²) in [5.74, 6) is 0.603. The van der Waals surface area contributed by atoms with E-state index < -0.39 is 9.84 Å². The monoisotopic (exact) mass is 494 g/mol. The Morgan fingerprint density at radius 3 is 2.56 bits per heavy atom. The van der Waals surface area contributed by atoms with Crippen LogP contribution >= 0.6 is 35.3 Å². The molecule has 0 saturated carbocycles.